The number of rotatable bonds is 9. The molecule has 0 aliphatic rings. The van der Waals surface area contributed by atoms with Gasteiger partial charge in [0.25, 0.3) is 0 Å². The van der Waals surface area contributed by atoms with Crippen LogP contribution in [0.1, 0.15) is 50.0 Å². The van der Waals surface area contributed by atoms with Crippen LogP contribution in [0.3, 0.4) is 0 Å². The van der Waals surface area contributed by atoms with Gasteiger partial charge in [0.2, 0.25) is 5.91 Å². The lowest BCUT2D eigenvalue weighted by Gasteiger charge is -2.18. The van der Waals surface area contributed by atoms with E-state index in [9.17, 15) is 14.0 Å². The van der Waals surface area contributed by atoms with Crippen LogP contribution in [-0.2, 0) is 14.3 Å². The molecule has 0 aliphatic carbocycles. The molecule has 0 radical (unpaired) electrons. The minimum Gasteiger partial charge on any atom is -0.451 e. The summed E-state index contributed by atoms with van der Waals surface area (Å²) in [5, 5.41) is 2.76. The van der Waals surface area contributed by atoms with Crippen LogP contribution in [0.4, 0.5) is 4.39 Å². The summed E-state index contributed by atoms with van der Waals surface area (Å²) >= 11 is 0. The molecular weight excluding hydrogens is 335 g/mol. The standard InChI is InChI=1S/C20H23FN2O3/c1-2-12-23-18(24)10-6-11-19(25)26-20(17-9-3-4-13-22-17)15-7-5-8-16(21)14-15/h3-5,7-9,13-14,20H,2,6,10-12H2,1H3,(H,23,24). The lowest BCUT2D eigenvalue weighted by Crippen LogP contribution is -2.23. The minimum atomic E-state index is -0.784. The zero-order valence-corrected chi connectivity index (χ0v) is 14.8. The van der Waals surface area contributed by atoms with Crippen molar-refractivity contribution in [2.75, 3.05) is 6.54 Å². The summed E-state index contributed by atoms with van der Waals surface area (Å²) in [7, 11) is 0. The molecule has 1 unspecified atom stereocenters. The third-order valence-electron chi connectivity index (χ3n) is 3.71. The normalized spacial score (nSPS) is 11.6. The van der Waals surface area contributed by atoms with Crippen molar-refractivity contribution in [2.45, 2.75) is 38.7 Å². The highest BCUT2D eigenvalue weighted by atomic mass is 19.1. The molecule has 0 spiro atoms. The monoisotopic (exact) mass is 358 g/mol. The van der Waals surface area contributed by atoms with Gasteiger partial charge in [0.1, 0.15) is 5.82 Å². The van der Waals surface area contributed by atoms with Crippen LogP contribution in [0, 0.1) is 5.82 Å². The predicted molar refractivity (Wildman–Crippen MR) is 95.7 cm³/mol. The molecule has 1 aromatic heterocycles. The maximum Gasteiger partial charge on any atom is 0.306 e. The minimum absolute atomic E-state index is 0.0777. The van der Waals surface area contributed by atoms with E-state index >= 15 is 0 Å². The summed E-state index contributed by atoms with van der Waals surface area (Å²) in [6.07, 6.45) is 2.45. The van der Waals surface area contributed by atoms with Crippen molar-refractivity contribution in [1.29, 1.82) is 0 Å². The van der Waals surface area contributed by atoms with Gasteiger partial charge in [-0.2, -0.15) is 0 Å². The van der Waals surface area contributed by atoms with Crippen LogP contribution >= 0.6 is 0 Å². The molecule has 138 valence electrons. The molecule has 0 saturated carbocycles. The van der Waals surface area contributed by atoms with Gasteiger partial charge < -0.3 is 10.1 Å². The van der Waals surface area contributed by atoms with Gasteiger partial charge in [-0.15, -0.1) is 0 Å². The Kier molecular flexibility index (Phi) is 7.74. The first-order valence-electron chi connectivity index (χ1n) is 8.72. The van der Waals surface area contributed by atoms with E-state index in [4.69, 9.17) is 4.74 Å². The first-order valence-corrected chi connectivity index (χ1v) is 8.72. The van der Waals surface area contributed by atoms with Crippen molar-refractivity contribution in [3.8, 4) is 0 Å². The number of nitrogens with one attached hydrogen (secondary N) is 1. The Labute approximate surface area is 152 Å². The second kappa shape index (κ2) is 10.3. The van der Waals surface area contributed by atoms with Gasteiger partial charge in [0.15, 0.2) is 6.10 Å². The molecule has 2 aromatic rings. The summed E-state index contributed by atoms with van der Waals surface area (Å²) < 4.78 is 19.1. The largest absolute Gasteiger partial charge is 0.451 e. The highest BCUT2D eigenvalue weighted by Gasteiger charge is 2.20. The fraction of sp³-hybridized carbons (Fsp3) is 0.350. The van der Waals surface area contributed by atoms with Crippen molar-refractivity contribution in [3.63, 3.8) is 0 Å². The van der Waals surface area contributed by atoms with Gasteiger partial charge in [-0.25, -0.2) is 4.39 Å². The number of esters is 1. The molecule has 1 atom stereocenters. The predicted octanol–water partition coefficient (Wildman–Crippen LogP) is 3.55. The summed E-state index contributed by atoms with van der Waals surface area (Å²) in [4.78, 5) is 28.0. The molecule has 1 heterocycles. The van der Waals surface area contributed by atoms with Gasteiger partial charge in [-0.3, -0.25) is 14.6 Å². The SMILES string of the molecule is CCCNC(=O)CCCC(=O)OC(c1cccc(F)c1)c1ccccn1. The Morgan fingerprint density at radius 3 is 2.73 bits per heavy atom. The number of hydrogen-bond acceptors (Lipinski definition) is 4. The summed E-state index contributed by atoms with van der Waals surface area (Å²) in [6, 6.07) is 11.2. The summed E-state index contributed by atoms with van der Waals surface area (Å²) in [5.74, 6) is -0.939. The zero-order chi connectivity index (χ0) is 18.8. The fourth-order valence-electron chi connectivity index (χ4n) is 2.44. The van der Waals surface area contributed by atoms with Crippen LogP contribution < -0.4 is 5.32 Å². The Morgan fingerprint density at radius 1 is 1.19 bits per heavy atom. The van der Waals surface area contributed by atoms with Crippen molar-refractivity contribution in [2.24, 2.45) is 0 Å². The molecule has 2 rings (SSSR count). The molecule has 1 amide bonds. The number of benzene rings is 1. The Bertz CT molecular complexity index is 722. The second-order valence-electron chi connectivity index (χ2n) is 5.88. The number of pyridine rings is 1. The van der Waals surface area contributed by atoms with E-state index < -0.39 is 17.9 Å². The number of nitrogens with zero attached hydrogens (tertiary/aromatic N) is 1. The highest BCUT2D eigenvalue weighted by Crippen LogP contribution is 2.25. The topological polar surface area (TPSA) is 68.3 Å². The number of amides is 1. The van der Waals surface area contributed by atoms with Crippen molar-refractivity contribution in [1.82, 2.24) is 10.3 Å². The van der Waals surface area contributed by atoms with Gasteiger partial charge in [-0.05, 0) is 37.1 Å². The molecule has 0 aliphatic heterocycles. The summed E-state index contributed by atoms with van der Waals surface area (Å²) in [6.45, 7) is 2.60. The Morgan fingerprint density at radius 2 is 2.04 bits per heavy atom. The third-order valence-corrected chi connectivity index (χ3v) is 3.71. The van der Waals surface area contributed by atoms with Crippen LogP contribution in [-0.4, -0.2) is 23.4 Å². The zero-order valence-electron chi connectivity index (χ0n) is 14.8. The van der Waals surface area contributed by atoms with E-state index in [0.717, 1.165) is 6.42 Å². The number of carbonyl (C=O) groups is 2. The summed E-state index contributed by atoms with van der Waals surface area (Å²) in [5.41, 5.74) is 1.03. The van der Waals surface area contributed by atoms with Gasteiger partial charge in [0, 0.05) is 31.1 Å². The quantitative estimate of drug-likeness (QED) is 0.696. The maximum atomic E-state index is 13.6. The number of carbonyl (C=O) groups excluding carboxylic acids is 2. The maximum absolute atomic E-state index is 13.6. The third kappa shape index (κ3) is 6.27. The fourth-order valence-corrected chi connectivity index (χ4v) is 2.44. The molecular formula is C20H23FN2O3. The Balaban J connectivity index is 1.99. The Hall–Kier alpha value is -2.76. The van der Waals surface area contributed by atoms with E-state index in [-0.39, 0.29) is 18.7 Å². The number of hydrogen-bond donors (Lipinski definition) is 1. The number of ether oxygens (including phenoxy) is 1. The first kappa shape index (κ1) is 19.6. The van der Waals surface area contributed by atoms with Crippen LogP contribution in [0.5, 0.6) is 0 Å². The van der Waals surface area contributed by atoms with Crippen LogP contribution in [0.2, 0.25) is 0 Å². The average Bonchev–Trinajstić information content (AvgIpc) is 2.65. The highest BCUT2D eigenvalue weighted by molar-refractivity contribution is 5.77. The van der Waals surface area contributed by atoms with Gasteiger partial charge in [0.05, 0.1) is 5.69 Å². The van der Waals surface area contributed by atoms with E-state index in [1.54, 1.807) is 36.5 Å². The molecule has 1 N–H and O–H groups in total. The lowest BCUT2D eigenvalue weighted by atomic mass is 10.1. The number of aromatic nitrogens is 1. The van der Waals surface area contributed by atoms with Crippen LogP contribution in [0.15, 0.2) is 48.7 Å². The first-order chi connectivity index (χ1) is 12.6. The van der Waals surface area contributed by atoms with E-state index in [0.29, 0.717) is 24.2 Å². The lowest BCUT2D eigenvalue weighted by molar-refractivity contribution is -0.147. The van der Waals surface area contributed by atoms with Crippen molar-refractivity contribution >= 4 is 11.9 Å². The van der Waals surface area contributed by atoms with Gasteiger partial charge in [-0.1, -0.05) is 25.1 Å². The molecule has 6 heteroatoms. The van der Waals surface area contributed by atoms with Crippen molar-refractivity contribution in [3.05, 3.63) is 65.7 Å². The smallest absolute Gasteiger partial charge is 0.306 e. The van der Waals surface area contributed by atoms with Gasteiger partial charge >= 0.3 is 5.97 Å². The molecule has 5 nitrogen and oxygen atoms in total. The van der Waals surface area contributed by atoms with E-state index in [1.165, 1.54) is 12.1 Å². The van der Waals surface area contributed by atoms with E-state index in [1.807, 2.05) is 6.92 Å². The molecule has 26 heavy (non-hydrogen) atoms. The molecule has 0 bridgehead atoms. The second-order valence-corrected chi connectivity index (χ2v) is 5.88. The van der Waals surface area contributed by atoms with E-state index in [2.05, 4.69) is 10.3 Å². The average molecular weight is 358 g/mol. The van der Waals surface area contributed by atoms with Crippen LogP contribution in [0.25, 0.3) is 0 Å². The van der Waals surface area contributed by atoms with Crippen molar-refractivity contribution < 1.29 is 18.7 Å². The molecule has 1 aromatic carbocycles. The number of halogens is 1. The molecule has 0 saturated heterocycles. The molecule has 0 fully saturated rings.